The van der Waals surface area contributed by atoms with Crippen LogP contribution in [-0.4, -0.2) is 18.1 Å². The largest absolute Gasteiger partial charge is 0.478 e. The first-order valence-corrected chi connectivity index (χ1v) is 5.50. The van der Waals surface area contributed by atoms with Gasteiger partial charge in [-0.1, -0.05) is 17.5 Å². The Hall–Kier alpha value is -1.66. The fourth-order valence-electron chi connectivity index (χ4n) is 1.19. The van der Waals surface area contributed by atoms with Gasteiger partial charge in [0.25, 0.3) is 5.91 Å². The minimum Gasteiger partial charge on any atom is -0.478 e. The number of benzene rings is 1. The molecule has 0 radical (unpaired) electrons. The van der Waals surface area contributed by atoms with Gasteiger partial charge in [0, 0.05) is 5.02 Å². The van der Waals surface area contributed by atoms with Crippen molar-refractivity contribution >= 4 is 17.5 Å². The lowest BCUT2D eigenvalue weighted by atomic mass is 10.1. The lowest BCUT2D eigenvalue weighted by Crippen LogP contribution is -2.46. The maximum atomic E-state index is 11.7. The average molecular weight is 252 g/mol. The molecule has 1 aromatic carbocycles. The van der Waals surface area contributed by atoms with Crippen LogP contribution in [0.2, 0.25) is 5.02 Å². The number of hydrogen-bond acceptors (Lipinski definition) is 2. The highest BCUT2D eigenvalue weighted by atomic mass is 35.5. The third kappa shape index (κ3) is 4.01. The molecule has 0 saturated heterocycles. The van der Waals surface area contributed by atoms with Gasteiger partial charge in [0.2, 0.25) is 0 Å². The molecule has 0 atom stereocenters. The highest BCUT2D eigenvalue weighted by Crippen LogP contribution is 2.20. The Labute approximate surface area is 106 Å². The number of amides is 1. The van der Waals surface area contributed by atoms with Gasteiger partial charge in [-0.3, -0.25) is 4.79 Å². The Bertz CT molecular complexity index is 432. The van der Waals surface area contributed by atoms with Crippen molar-refractivity contribution in [2.45, 2.75) is 19.4 Å². The van der Waals surface area contributed by atoms with E-state index in [0.717, 1.165) is 0 Å². The zero-order chi connectivity index (χ0) is 12.9. The summed E-state index contributed by atoms with van der Waals surface area (Å²) >= 11 is 5.76. The topological polar surface area (TPSA) is 38.3 Å². The summed E-state index contributed by atoms with van der Waals surface area (Å²) in [6.45, 7) is 3.53. The zero-order valence-corrected chi connectivity index (χ0v) is 10.5. The molecule has 1 N–H and O–H groups in total. The molecule has 0 unspecified atom stereocenters. The minimum atomic E-state index is -0.981. The normalized spacial score (nSPS) is 10.5. The predicted octanol–water partition coefficient (Wildman–Crippen LogP) is 2.25. The van der Waals surface area contributed by atoms with Gasteiger partial charge in [-0.25, -0.2) is 0 Å². The molecular weight excluding hydrogens is 238 g/mol. The molecule has 1 amide bonds. The van der Waals surface area contributed by atoms with Crippen LogP contribution in [-0.2, 0) is 4.79 Å². The van der Waals surface area contributed by atoms with Crippen LogP contribution in [0.5, 0.6) is 5.75 Å². The molecule has 0 aliphatic heterocycles. The smallest absolute Gasteiger partial charge is 0.264 e. The lowest BCUT2D eigenvalue weighted by Gasteiger charge is -2.24. The first kappa shape index (κ1) is 13.4. The molecule has 0 saturated carbocycles. The first-order valence-electron chi connectivity index (χ1n) is 5.12. The molecule has 17 heavy (non-hydrogen) atoms. The Morgan fingerprint density at radius 1 is 1.47 bits per heavy atom. The van der Waals surface area contributed by atoms with Gasteiger partial charge < -0.3 is 10.1 Å². The number of carbonyl (C=O) groups excluding carboxylic acids is 1. The zero-order valence-electron chi connectivity index (χ0n) is 9.79. The number of nitrogens with one attached hydrogen (secondary N) is 1. The summed E-state index contributed by atoms with van der Waals surface area (Å²) in [5.74, 6) is 2.66. The molecule has 0 heterocycles. The van der Waals surface area contributed by atoms with Crippen molar-refractivity contribution in [1.82, 2.24) is 5.32 Å². The summed E-state index contributed by atoms with van der Waals surface area (Å²) in [6.07, 6.45) is 5.07. The molecule has 0 aliphatic rings. The molecule has 4 heteroatoms. The van der Waals surface area contributed by atoms with Crippen molar-refractivity contribution in [2.24, 2.45) is 0 Å². The van der Waals surface area contributed by atoms with E-state index < -0.39 is 5.60 Å². The number of carbonyl (C=O) groups is 1. The number of rotatable bonds is 4. The van der Waals surface area contributed by atoms with Crippen molar-refractivity contribution in [2.75, 3.05) is 6.54 Å². The van der Waals surface area contributed by atoms with Crippen molar-refractivity contribution < 1.29 is 9.53 Å². The number of halogens is 1. The van der Waals surface area contributed by atoms with E-state index in [0.29, 0.717) is 10.8 Å². The molecular formula is C13H14ClNO2. The van der Waals surface area contributed by atoms with Gasteiger partial charge in [0.15, 0.2) is 5.60 Å². The van der Waals surface area contributed by atoms with Gasteiger partial charge in [0.1, 0.15) is 5.75 Å². The summed E-state index contributed by atoms with van der Waals surface area (Å²) in [6, 6.07) is 6.82. The molecule has 0 aliphatic carbocycles. The minimum absolute atomic E-state index is 0.187. The third-order valence-electron chi connectivity index (χ3n) is 2.08. The van der Waals surface area contributed by atoms with Crippen LogP contribution >= 0.6 is 11.6 Å². The van der Waals surface area contributed by atoms with Crippen molar-refractivity contribution in [3.8, 4) is 18.1 Å². The third-order valence-corrected chi connectivity index (χ3v) is 2.34. The van der Waals surface area contributed by atoms with Crippen LogP contribution in [0.3, 0.4) is 0 Å². The second-order valence-corrected chi connectivity index (χ2v) is 4.39. The fraction of sp³-hybridized carbons (Fsp3) is 0.308. The predicted molar refractivity (Wildman–Crippen MR) is 68.0 cm³/mol. The van der Waals surface area contributed by atoms with Gasteiger partial charge >= 0.3 is 0 Å². The van der Waals surface area contributed by atoms with Crippen LogP contribution in [0.25, 0.3) is 0 Å². The standard InChI is InChI=1S/C13H14ClNO2/c1-4-9-15-12(16)13(2,3)17-11-7-5-10(14)6-8-11/h1,5-8H,9H2,2-3H3,(H,15,16). The van der Waals surface area contributed by atoms with Crippen LogP contribution in [0.1, 0.15) is 13.8 Å². The maximum Gasteiger partial charge on any atom is 0.264 e. The Morgan fingerprint density at radius 3 is 2.59 bits per heavy atom. The fourth-order valence-corrected chi connectivity index (χ4v) is 1.31. The molecule has 1 aromatic rings. The van der Waals surface area contributed by atoms with Crippen LogP contribution in [0.15, 0.2) is 24.3 Å². The van der Waals surface area contributed by atoms with E-state index in [9.17, 15) is 4.79 Å². The highest BCUT2D eigenvalue weighted by molar-refractivity contribution is 6.30. The van der Waals surface area contributed by atoms with E-state index in [1.165, 1.54) is 0 Å². The first-order chi connectivity index (χ1) is 7.95. The summed E-state index contributed by atoms with van der Waals surface area (Å²) in [7, 11) is 0. The second kappa shape index (κ2) is 5.60. The molecule has 0 aromatic heterocycles. The molecule has 0 spiro atoms. The molecule has 0 bridgehead atoms. The number of ether oxygens (including phenoxy) is 1. The summed E-state index contributed by atoms with van der Waals surface area (Å²) < 4.78 is 5.58. The quantitative estimate of drug-likeness (QED) is 0.834. The molecule has 1 rings (SSSR count). The highest BCUT2D eigenvalue weighted by Gasteiger charge is 2.29. The second-order valence-electron chi connectivity index (χ2n) is 3.95. The van der Waals surface area contributed by atoms with Crippen LogP contribution in [0, 0.1) is 12.3 Å². The average Bonchev–Trinajstić information content (AvgIpc) is 2.28. The SMILES string of the molecule is C#CCNC(=O)C(C)(C)Oc1ccc(Cl)cc1. The number of hydrogen-bond donors (Lipinski definition) is 1. The summed E-state index contributed by atoms with van der Waals surface area (Å²) in [5.41, 5.74) is -0.981. The summed E-state index contributed by atoms with van der Waals surface area (Å²) in [4.78, 5) is 11.7. The Morgan fingerprint density at radius 2 is 2.06 bits per heavy atom. The van der Waals surface area contributed by atoms with E-state index >= 15 is 0 Å². The van der Waals surface area contributed by atoms with Gasteiger partial charge in [-0.15, -0.1) is 6.42 Å². The van der Waals surface area contributed by atoms with Gasteiger partial charge in [0.05, 0.1) is 6.54 Å². The van der Waals surface area contributed by atoms with E-state index in [2.05, 4.69) is 11.2 Å². The summed E-state index contributed by atoms with van der Waals surface area (Å²) in [5, 5.41) is 3.20. The molecule has 90 valence electrons. The van der Waals surface area contributed by atoms with E-state index in [4.69, 9.17) is 22.8 Å². The van der Waals surface area contributed by atoms with Gasteiger partial charge in [-0.2, -0.15) is 0 Å². The van der Waals surface area contributed by atoms with Crippen molar-refractivity contribution in [3.05, 3.63) is 29.3 Å². The van der Waals surface area contributed by atoms with Crippen LogP contribution in [0.4, 0.5) is 0 Å². The maximum absolute atomic E-state index is 11.7. The van der Waals surface area contributed by atoms with Crippen molar-refractivity contribution in [1.29, 1.82) is 0 Å². The van der Waals surface area contributed by atoms with Gasteiger partial charge in [-0.05, 0) is 38.1 Å². The van der Waals surface area contributed by atoms with Crippen LogP contribution < -0.4 is 10.1 Å². The molecule has 3 nitrogen and oxygen atoms in total. The van der Waals surface area contributed by atoms with E-state index in [1.807, 2.05) is 0 Å². The van der Waals surface area contributed by atoms with E-state index in [-0.39, 0.29) is 12.5 Å². The van der Waals surface area contributed by atoms with E-state index in [1.54, 1.807) is 38.1 Å². The Kier molecular flexibility index (Phi) is 4.42. The molecule has 0 fully saturated rings. The van der Waals surface area contributed by atoms with Crippen molar-refractivity contribution in [3.63, 3.8) is 0 Å². The monoisotopic (exact) mass is 251 g/mol. The lowest BCUT2D eigenvalue weighted by molar-refractivity contribution is -0.133. The Balaban J connectivity index is 2.69. The number of terminal acetylenes is 1.